The van der Waals surface area contributed by atoms with Crippen molar-refractivity contribution in [1.29, 1.82) is 0 Å². The van der Waals surface area contributed by atoms with E-state index in [4.69, 9.17) is 9.47 Å². The van der Waals surface area contributed by atoms with Crippen molar-refractivity contribution in [2.24, 2.45) is 0 Å². The lowest BCUT2D eigenvalue weighted by Crippen LogP contribution is -2.21. The average molecular weight is 348 g/mol. The minimum atomic E-state index is 0.251. The molecule has 1 atom stereocenters. The van der Waals surface area contributed by atoms with Gasteiger partial charge in [-0.05, 0) is 24.6 Å². The molecule has 3 rings (SSSR count). The molecule has 0 amide bonds. The highest BCUT2D eigenvalue weighted by Gasteiger charge is 2.16. The Morgan fingerprint density at radius 2 is 1.90 bits per heavy atom. The van der Waals surface area contributed by atoms with Gasteiger partial charge in [0.2, 0.25) is 0 Å². The zero-order chi connectivity index (χ0) is 14.7. The van der Waals surface area contributed by atoms with Crippen LogP contribution in [0.1, 0.15) is 24.1 Å². The van der Waals surface area contributed by atoms with E-state index in [1.807, 2.05) is 18.2 Å². The topological polar surface area (TPSA) is 30.5 Å². The second kappa shape index (κ2) is 6.50. The summed E-state index contributed by atoms with van der Waals surface area (Å²) in [5.74, 6) is 1.71. The van der Waals surface area contributed by atoms with Crippen LogP contribution in [0.4, 0.5) is 0 Å². The van der Waals surface area contributed by atoms with Crippen molar-refractivity contribution in [3.8, 4) is 11.5 Å². The molecule has 1 aliphatic heterocycles. The maximum atomic E-state index is 5.74. The van der Waals surface area contributed by atoms with Crippen molar-refractivity contribution in [2.45, 2.75) is 19.5 Å². The van der Waals surface area contributed by atoms with Crippen LogP contribution in [0.2, 0.25) is 0 Å². The minimum Gasteiger partial charge on any atom is -0.486 e. The van der Waals surface area contributed by atoms with Crippen LogP contribution in [-0.4, -0.2) is 13.2 Å². The van der Waals surface area contributed by atoms with E-state index in [0.29, 0.717) is 13.2 Å². The molecule has 1 heterocycles. The van der Waals surface area contributed by atoms with E-state index in [2.05, 4.69) is 52.4 Å². The summed E-state index contributed by atoms with van der Waals surface area (Å²) in [6.07, 6.45) is 0. The molecule has 0 aromatic heterocycles. The van der Waals surface area contributed by atoms with Gasteiger partial charge in [0.25, 0.3) is 0 Å². The maximum Gasteiger partial charge on any atom is 0.165 e. The van der Waals surface area contributed by atoms with E-state index in [9.17, 15) is 0 Å². The van der Waals surface area contributed by atoms with Gasteiger partial charge in [0, 0.05) is 22.6 Å². The fourth-order valence-electron chi connectivity index (χ4n) is 2.47. The van der Waals surface area contributed by atoms with Crippen LogP contribution in [0.5, 0.6) is 11.5 Å². The zero-order valence-electron chi connectivity index (χ0n) is 11.9. The fraction of sp³-hybridized carbons (Fsp3) is 0.294. The van der Waals surface area contributed by atoms with Gasteiger partial charge in [-0.2, -0.15) is 0 Å². The lowest BCUT2D eigenvalue weighted by Gasteiger charge is -2.22. The molecule has 0 unspecified atom stereocenters. The van der Waals surface area contributed by atoms with Gasteiger partial charge >= 0.3 is 0 Å². The molecule has 21 heavy (non-hydrogen) atoms. The zero-order valence-corrected chi connectivity index (χ0v) is 13.5. The largest absolute Gasteiger partial charge is 0.486 e. The average Bonchev–Trinajstić information content (AvgIpc) is 2.53. The van der Waals surface area contributed by atoms with Crippen molar-refractivity contribution in [2.75, 3.05) is 13.2 Å². The van der Waals surface area contributed by atoms with Gasteiger partial charge < -0.3 is 14.8 Å². The molecule has 0 saturated heterocycles. The Morgan fingerprint density at radius 3 is 2.76 bits per heavy atom. The van der Waals surface area contributed by atoms with Gasteiger partial charge in [-0.3, -0.25) is 0 Å². The third-order valence-electron chi connectivity index (χ3n) is 3.62. The van der Waals surface area contributed by atoms with E-state index in [0.717, 1.165) is 28.1 Å². The molecule has 0 saturated carbocycles. The number of fused-ring (bicyclic) bond motifs is 1. The molecule has 1 aliphatic rings. The lowest BCUT2D eigenvalue weighted by atomic mass is 10.1. The quantitative estimate of drug-likeness (QED) is 0.904. The van der Waals surface area contributed by atoms with Crippen LogP contribution in [0.25, 0.3) is 0 Å². The molecule has 3 nitrogen and oxygen atoms in total. The van der Waals surface area contributed by atoms with Gasteiger partial charge in [-0.25, -0.2) is 0 Å². The van der Waals surface area contributed by atoms with Crippen molar-refractivity contribution in [1.82, 2.24) is 5.32 Å². The van der Waals surface area contributed by atoms with Crippen LogP contribution in [0.3, 0.4) is 0 Å². The number of ether oxygens (including phenoxy) is 2. The van der Waals surface area contributed by atoms with Crippen molar-refractivity contribution < 1.29 is 9.47 Å². The molecule has 0 spiro atoms. The van der Waals surface area contributed by atoms with Crippen LogP contribution >= 0.6 is 15.9 Å². The monoisotopic (exact) mass is 347 g/mol. The molecule has 2 aromatic carbocycles. The Morgan fingerprint density at radius 1 is 1.10 bits per heavy atom. The second-order valence-electron chi connectivity index (χ2n) is 5.07. The maximum absolute atomic E-state index is 5.74. The molecule has 0 bridgehead atoms. The molecule has 4 heteroatoms. The van der Waals surface area contributed by atoms with E-state index in [1.165, 1.54) is 5.56 Å². The lowest BCUT2D eigenvalue weighted by molar-refractivity contribution is 0.169. The Bertz CT molecular complexity index is 630. The first kappa shape index (κ1) is 14.4. The summed E-state index contributed by atoms with van der Waals surface area (Å²) in [7, 11) is 0. The number of benzene rings is 2. The third kappa shape index (κ3) is 3.22. The molecule has 110 valence electrons. The normalized spacial score (nSPS) is 14.8. The first-order valence-corrected chi connectivity index (χ1v) is 7.90. The van der Waals surface area contributed by atoms with E-state index < -0.39 is 0 Å². The van der Waals surface area contributed by atoms with Gasteiger partial charge in [0.15, 0.2) is 11.5 Å². The van der Waals surface area contributed by atoms with Crippen molar-refractivity contribution in [3.63, 3.8) is 0 Å². The summed E-state index contributed by atoms with van der Waals surface area (Å²) in [4.78, 5) is 0. The molecule has 2 aromatic rings. The molecule has 0 aliphatic carbocycles. The summed E-state index contributed by atoms with van der Waals surface area (Å²) in [5, 5.41) is 3.54. The second-order valence-corrected chi connectivity index (χ2v) is 5.92. The molecule has 0 radical (unpaired) electrons. The van der Waals surface area contributed by atoms with Crippen LogP contribution in [0.15, 0.2) is 46.9 Å². The van der Waals surface area contributed by atoms with Gasteiger partial charge in [0.05, 0.1) is 0 Å². The number of hydrogen-bond acceptors (Lipinski definition) is 3. The predicted octanol–water partition coefficient (Wildman–Crippen LogP) is 4.07. The van der Waals surface area contributed by atoms with Crippen molar-refractivity contribution >= 4 is 15.9 Å². The fourth-order valence-corrected chi connectivity index (χ4v) is 3.10. The Balaban J connectivity index is 1.72. The molecular weight excluding hydrogens is 330 g/mol. The summed E-state index contributed by atoms with van der Waals surface area (Å²) in [6, 6.07) is 14.6. The van der Waals surface area contributed by atoms with Gasteiger partial charge in [0.1, 0.15) is 13.2 Å². The molecule has 1 N–H and O–H groups in total. The highest BCUT2D eigenvalue weighted by Crippen LogP contribution is 2.34. The van der Waals surface area contributed by atoms with Crippen LogP contribution in [-0.2, 0) is 6.54 Å². The van der Waals surface area contributed by atoms with E-state index in [1.54, 1.807) is 0 Å². The SMILES string of the molecule is C[C@@H](NCc1cccc2c1OCCO2)c1ccccc1Br. The highest BCUT2D eigenvalue weighted by atomic mass is 79.9. The number of nitrogens with one attached hydrogen (secondary N) is 1. The number of rotatable bonds is 4. The third-order valence-corrected chi connectivity index (χ3v) is 4.34. The molecular formula is C17H18BrNO2. The Kier molecular flexibility index (Phi) is 4.46. The first-order chi connectivity index (χ1) is 10.3. The van der Waals surface area contributed by atoms with E-state index >= 15 is 0 Å². The number of halogens is 1. The number of para-hydroxylation sites is 1. The smallest absolute Gasteiger partial charge is 0.165 e. The van der Waals surface area contributed by atoms with E-state index in [-0.39, 0.29) is 6.04 Å². The first-order valence-electron chi connectivity index (χ1n) is 7.11. The van der Waals surface area contributed by atoms with Crippen LogP contribution < -0.4 is 14.8 Å². The Hall–Kier alpha value is -1.52. The minimum absolute atomic E-state index is 0.251. The van der Waals surface area contributed by atoms with Gasteiger partial charge in [-0.1, -0.05) is 46.3 Å². The van der Waals surface area contributed by atoms with Crippen molar-refractivity contribution in [3.05, 3.63) is 58.1 Å². The summed E-state index contributed by atoms with van der Waals surface area (Å²) in [5.41, 5.74) is 2.38. The summed E-state index contributed by atoms with van der Waals surface area (Å²) in [6.45, 7) is 4.14. The molecule has 0 fully saturated rings. The highest BCUT2D eigenvalue weighted by molar-refractivity contribution is 9.10. The Labute approximate surface area is 133 Å². The van der Waals surface area contributed by atoms with Crippen LogP contribution in [0, 0.1) is 0 Å². The summed E-state index contributed by atoms with van der Waals surface area (Å²) < 4.78 is 12.5. The van der Waals surface area contributed by atoms with Gasteiger partial charge in [-0.15, -0.1) is 0 Å². The standard InChI is InChI=1S/C17H18BrNO2/c1-12(14-6-2-3-7-15(14)18)19-11-13-5-4-8-16-17(13)21-10-9-20-16/h2-8,12,19H,9-11H2,1H3/t12-/m1/s1. The number of hydrogen-bond donors (Lipinski definition) is 1. The summed E-state index contributed by atoms with van der Waals surface area (Å²) >= 11 is 3.60. The predicted molar refractivity (Wildman–Crippen MR) is 86.8 cm³/mol.